The van der Waals surface area contributed by atoms with Gasteiger partial charge in [-0.25, -0.2) is 16.8 Å². The Morgan fingerprint density at radius 2 is 1.62 bits per heavy atom. The summed E-state index contributed by atoms with van der Waals surface area (Å²) >= 11 is 0. The molecule has 0 amide bonds. The minimum Gasteiger partial charge on any atom is -0.383 e. The molecule has 21 heavy (non-hydrogen) atoms. The molecule has 3 rings (SSSR count). The maximum Gasteiger partial charge on any atom is 0.232 e. The summed E-state index contributed by atoms with van der Waals surface area (Å²) < 4.78 is 55.1. The molecule has 3 aliphatic rings. The molecule has 0 saturated heterocycles. The first-order valence-corrected chi connectivity index (χ1v) is 10.5. The van der Waals surface area contributed by atoms with Crippen LogP contribution in [-0.4, -0.2) is 40.5 Å². The van der Waals surface area contributed by atoms with Gasteiger partial charge in [-0.05, 0) is 43.9 Å². The minimum atomic E-state index is -3.89. The summed E-state index contributed by atoms with van der Waals surface area (Å²) in [4.78, 5) is 0. The summed E-state index contributed by atoms with van der Waals surface area (Å²) in [6.07, 6.45) is 6.62. The molecule has 122 valence electrons. The van der Waals surface area contributed by atoms with Gasteiger partial charge >= 0.3 is 0 Å². The Morgan fingerprint density at radius 1 is 1.05 bits per heavy atom. The van der Waals surface area contributed by atoms with Crippen LogP contribution in [0, 0.1) is 5.41 Å². The van der Waals surface area contributed by atoms with Gasteiger partial charge in [0.25, 0.3) is 0 Å². The number of methoxy groups -OCH3 is 1. The molecule has 3 aliphatic carbocycles. The second-order valence-corrected chi connectivity index (χ2v) is 11.3. The Bertz CT molecular complexity index is 607. The molecule has 0 aromatic rings. The lowest BCUT2D eigenvalue weighted by Crippen LogP contribution is -2.52. The highest BCUT2D eigenvalue weighted by atomic mass is 32.3. The summed E-state index contributed by atoms with van der Waals surface area (Å²) in [5, 5.41) is -0.552. The third-order valence-electron chi connectivity index (χ3n) is 5.44. The average Bonchev–Trinajstić information content (AvgIpc) is 2.96. The van der Waals surface area contributed by atoms with Crippen LogP contribution in [0.3, 0.4) is 0 Å². The Kier molecular flexibility index (Phi) is 3.67. The molecule has 0 heterocycles. The molecule has 1 N–H and O–H groups in total. The Hall–Kier alpha value is -0.180. The predicted octanol–water partition coefficient (Wildman–Crippen LogP) is 1.14. The minimum absolute atomic E-state index is 0.0481. The van der Waals surface area contributed by atoms with Gasteiger partial charge in [0.1, 0.15) is 4.75 Å². The zero-order valence-electron chi connectivity index (χ0n) is 12.3. The van der Waals surface area contributed by atoms with Crippen LogP contribution in [0.4, 0.5) is 0 Å². The maximum absolute atomic E-state index is 12.3. The van der Waals surface area contributed by atoms with Gasteiger partial charge < -0.3 is 4.74 Å². The highest BCUT2D eigenvalue weighted by Gasteiger charge is 2.58. The largest absolute Gasteiger partial charge is 0.383 e. The van der Waals surface area contributed by atoms with E-state index in [1.165, 1.54) is 7.11 Å². The van der Waals surface area contributed by atoms with Gasteiger partial charge in [-0.2, -0.15) is 0 Å². The topological polar surface area (TPSA) is 89.5 Å². The van der Waals surface area contributed by atoms with E-state index in [1.807, 2.05) is 4.13 Å². The number of sulfonamides is 2. The van der Waals surface area contributed by atoms with Crippen molar-refractivity contribution in [1.29, 1.82) is 0 Å². The van der Waals surface area contributed by atoms with Crippen molar-refractivity contribution in [3.05, 3.63) is 0 Å². The molecular weight excluding hydrogens is 314 g/mol. The molecule has 6 nitrogen and oxygen atoms in total. The van der Waals surface area contributed by atoms with E-state index in [-0.39, 0.29) is 12.0 Å². The van der Waals surface area contributed by atoms with Crippen molar-refractivity contribution >= 4 is 20.0 Å². The first kappa shape index (κ1) is 15.7. The molecule has 3 fully saturated rings. The van der Waals surface area contributed by atoms with E-state index in [4.69, 9.17) is 4.74 Å². The maximum atomic E-state index is 12.3. The lowest BCUT2D eigenvalue weighted by molar-refractivity contribution is 0.147. The molecule has 0 bridgehead atoms. The van der Waals surface area contributed by atoms with Gasteiger partial charge in [-0.15, -0.1) is 4.13 Å². The van der Waals surface area contributed by atoms with E-state index in [0.717, 1.165) is 25.7 Å². The van der Waals surface area contributed by atoms with Crippen LogP contribution < -0.4 is 4.13 Å². The number of hydrogen-bond donors (Lipinski definition) is 1. The van der Waals surface area contributed by atoms with E-state index >= 15 is 0 Å². The number of hydrogen-bond acceptors (Lipinski definition) is 5. The highest BCUT2D eigenvalue weighted by Crippen LogP contribution is 2.55. The summed E-state index contributed by atoms with van der Waals surface area (Å²) in [5.74, 6) is 0. The van der Waals surface area contributed by atoms with Crippen molar-refractivity contribution in [2.24, 2.45) is 5.41 Å². The van der Waals surface area contributed by atoms with Crippen molar-refractivity contribution in [1.82, 2.24) is 4.13 Å². The molecule has 0 unspecified atom stereocenters. The molecular formula is C13H23NO5S2. The summed E-state index contributed by atoms with van der Waals surface area (Å²) in [6.45, 7) is 0.0481. The quantitative estimate of drug-likeness (QED) is 0.785. The summed E-state index contributed by atoms with van der Waals surface area (Å²) in [6, 6.07) is 0. The Labute approximate surface area is 126 Å². The fraction of sp³-hybridized carbons (Fsp3) is 1.00. The van der Waals surface area contributed by atoms with E-state index in [9.17, 15) is 16.8 Å². The zero-order chi connectivity index (χ0) is 15.4. The lowest BCUT2D eigenvalue weighted by atomic mass is 9.67. The van der Waals surface area contributed by atoms with Crippen molar-refractivity contribution in [2.75, 3.05) is 13.7 Å². The van der Waals surface area contributed by atoms with Crippen molar-refractivity contribution in [3.8, 4) is 0 Å². The van der Waals surface area contributed by atoms with Gasteiger partial charge in [-0.1, -0.05) is 12.8 Å². The van der Waals surface area contributed by atoms with Crippen LogP contribution in [0.25, 0.3) is 0 Å². The molecule has 0 radical (unpaired) electrons. The van der Waals surface area contributed by atoms with E-state index < -0.39 is 30.0 Å². The van der Waals surface area contributed by atoms with Gasteiger partial charge in [-0.3, -0.25) is 0 Å². The van der Waals surface area contributed by atoms with Crippen LogP contribution >= 0.6 is 0 Å². The van der Waals surface area contributed by atoms with Crippen molar-refractivity contribution in [2.45, 2.75) is 61.4 Å². The van der Waals surface area contributed by atoms with E-state index in [0.29, 0.717) is 25.7 Å². The lowest BCUT2D eigenvalue weighted by Gasteiger charge is -2.44. The SMILES string of the molecule is COCC1(S(=O)(=O)NS(=O)(=O)C2CC3(CCCC3)C2)CC1. The predicted molar refractivity (Wildman–Crippen MR) is 78.7 cm³/mol. The molecule has 0 aromatic heterocycles. The second kappa shape index (κ2) is 4.91. The standard InChI is InChI=1S/C13H23NO5S2/c1-19-10-13(6-7-13)21(17,18)14-20(15,16)11-8-12(9-11)4-2-3-5-12/h11,14H,2-10H2,1H3. The number of rotatable bonds is 6. The molecule has 0 aliphatic heterocycles. The molecule has 1 spiro atoms. The van der Waals surface area contributed by atoms with Gasteiger partial charge in [0, 0.05) is 7.11 Å². The third-order valence-corrected chi connectivity index (χ3v) is 10.1. The Balaban J connectivity index is 1.67. The first-order valence-electron chi connectivity index (χ1n) is 7.50. The summed E-state index contributed by atoms with van der Waals surface area (Å²) in [7, 11) is -6.26. The third kappa shape index (κ3) is 2.64. The molecule has 0 aromatic carbocycles. The zero-order valence-corrected chi connectivity index (χ0v) is 13.9. The van der Waals surface area contributed by atoms with Crippen molar-refractivity contribution < 1.29 is 21.6 Å². The fourth-order valence-electron chi connectivity index (χ4n) is 3.86. The van der Waals surface area contributed by atoms with E-state index in [1.54, 1.807) is 0 Å². The van der Waals surface area contributed by atoms with Gasteiger partial charge in [0.15, 0.2) is 0 Å². The number of ether oxygens (including phenoxy) is 1. The van der Waals surface area contributed by atoms with Crippen LogP contribution in [0.15, 0.2) is 0 Å². The summed E-state index contributed by atoms with van der Waals surface area (Å²) in [5.41, 5.74) is 0.174. The Morgan fingerprint density at radius 3 is 2.10 bits per heavy atom. The second-order valence-electron chi connectivity index (χ2n) is 6.99. The fourth-order valence-corrected chi connectivity index (χ4v) is 8.39. The van der Waals surface area contributed by atoms with Crippen LogP contribution in [0.2, 0.25) is 0 Å². The van der Waals surface area contributed by atoms with Crippen LogP contribution in [-0.2, 0) is 24.8 Å². The highest BCUT2D eigenvalue weighted by molar-refractivity contribution is 8.05. The van der Waals surface area contributed by atoms with E-state index in [2.05, 4.69) is 0 Å². The first-order chi connectivity index (χ1) is 9.74. The average molecular weight is 337 g/mol. The monoisotopic (exact) mass is 337 g/mol. The van der Waals surface area contributed by atoms with Crippen molar-refractivity contribution in [3.63, 3.8) is 0 Å². The normalized spacial score (nSPS) is 27.7. The van der Waals surface area contributed by atoms with Crippen LogP contribution in [0.1, 0.15) is 51.4 Å². The van der Waals surface area contributed by atoms with Gasteiger partial charge in [0.2, 0.25) is 20.0 Å². The van der Waals surface area contributed by atoms with Crippen LogP contribution in [0.5, 0.6) is 0 Å². The smallest absolute Gasteiger partial charge is 0.232 e. The molecule has 0 atom stereocenters. The molecule has 8 heteroatoms. The molecule has 3 saturated carbocycles. The number of nitrogens with one attached hydrogen (secondary N) is 1. The van der Waals surface area contributed by atoms with Gasteiger partial charge in [0.05, 0.1) is 11.9 Å².